The van der Waals surface area contributed by atoms with Gasteiger partial charge in [0.15, 0.2) is 0 Å². The molecule has 3 unspecified atom stereocenters. The number of nitrogens with zero attached hydrogens (tertiary/aromatic N) is 2. The van der Waals surface area contributed by atoms with Gasteiger partial charge >= 0.3 is 0 Å². The summed E-state index contributed by atoms with van der Waals surface area (Å²) in [5.74, 6) is 1.21. The Labute approximate surface area is 133 Å². The van der Waals surface area contributed by atoms with Crippen LogP contribution in [-0.2, 0) is 0 Å². The number of thioether (sulfide) groups is 1. The zero-order valence-corrected chi connectivity index (χ0v) is 14.6. The van der Waals surface area contributed by atoms with E-state index in [9.17, 15) is 0 Å². The van der Waals surface area contributed by atoms with Crippen LogP contribution < -0.4 is 10.2 Å². The molecule has 1 aliphatic rings. The molecular formula is C17H29N3S. The zero-order valence-electron chi connectivity index (χ0n) is 13.8. The van der Waals surface area contributed by atoms with Crippen LogP contribution in [0.3, 0.4) is 0 Å². The van der Waals surface area contributed by atoms with Crippen LogP contribution in [0.15, 0.2) is 18.3 Å². The fraction of sp³-hybridized carbons (Fsp3) is 0.706. The Morgan fingerprint density at radius 1 is 1.38 bits per heavy atom. The van der Waals surface area contributed by atoms with Gasteiger partial charge in [0.05, 0.1) is 17.6 Å². The second-order valence-electron chi connectivity index (χ2n) is 5.87. The molecule has 1 saturated heterocycles. The van der Waals surface area contributed by atoms with E-state index in [1.807, 2.05) is 0 Å². The van der Waals surface area contributed by atoms with Gasteiger partial charge in [-0.3, -0.25) is 4.98 Å². The van der Waals surface area contributed by atoms with Crippen LogP contribution in [-0.4, -0.2) is 35.1 Å². The predicted molar refractivity (Wildman–Crippen MR) is 94.3 cm³/mol. The molecule has 1 aromatic heterocycles. The summed E-state index contributed by atoms with van der Waals surface area (Å²) in [5, 5.41) is 4.26. The second-order valence-corrected chi connectivity index (χ2v) is 7.35. The Bertz CT molecular complexity index is 421. The van der Waals surface area contributed by atoms with E-state index in [-0.39, 0.29) is 0 Å². The first-order chi connectivity index (χ1) is 10.2. The lowest BCUT2D eigenvalue weighted by Gasteiger charge is -2.39. The largest absolute Gasteiger partial charge is 0.366 e. The molecule has 0 amide bonds. The van der Waals surface area contributed by atoms with Crippen LogP contribution >= 0.6 is 11.8 Å². The highest BCUT2D eigenvalue weighted by Gasteiger charge is 2.25. The van der Waals surface area contributed by atoms with Crippen LogP contribution in [0, 0.1) is 0 Å². The maximum absolute atomic E-state index is 4.73. The van der Waals surface area contributed by atoms with Gasteiger partial charge in [0.2, 0.25) is 0 Å². The molecule has 1 fully saturated rings. The van der Waals surface area contributed by atoms with Crippen molar-refractivity contribution in [3.63, 3.8) is 0 Å². The Morgan fingerprint density at radius 3 is 2.81 bits per heavy atom. The van der Waals surface area contributed by atoms with Gasteiger partial charge in [-0.2, -0.15) is 11.8 Å². The van der Waals surface area contributed by atoms with Gasteiger partial charge in [0.1, 0.15) is 0 Å². The standard InChI is InChI=1S/C17H29N3S/c1-5-9-18-16(6-2)17-8-7-15(12-19-17)20-10-11-21-14(4)13(20)3/h7-8,12-14,16,18H,5-6,9-11H2,1-4H3. The first-order valence-corrected chi connectivity index (χ1v) is 9.29. The molecular weight excluding hydrogens is 278 g/mol. The van der Waals surface area contributed by atoms with E-state index in [0.29, 0.717) is 17.3 Å². The molecule has 4 heteroatoms. The molecule has 118 valence electrons. The lowest BCUT2D eigenvalue weighted by atomic mass is 10.1. The van der Waals surface area contributed by atoms with E-state index in [0.717, 1.165) is 25.9 Å². The van der Waals surface area contributed by atoms with Gasteiger partial charge in [0, 0.05) is 29.6 Å². The van der Waals surface area contributed by atoms with Gasteiger partial charge < -0.3 is 10.2 Å². The van der Waals surface area contributed by atoms with Crippen molar-refractivity contribution in [2.75, 3.05) is 23.7 Å². The molecule has 0 saturated carbocycles. The summed E-state index contributed by atoms with van der Waals surface area (Å²) >= 11 is 2.07. The third kappa shape index (κ3) is 4.13. The molecule has 3 atom stereocenters. The quantitative estimate of drug-likeness (QED) is 0.864. The SMILES string of the molecule is CCCNC(CC)c1ccc(N2CCSC(C)C2C)cn1. The zero-order chi connectivity index (χ0) is 15.2. The van der Waals surface area contributed by atoms with Crippen molar-refractivity contribution in [3.8, 4) is 0 Å². The summed E-state index contributed by atoms with van der Waals surface area (Å²) in [6.45, 7) is 11.2. The van der Waals surface area contributed by atoms with E-state index in [4.69, 9.17) is 4.98 Å². The summed E-state index contributed by atoms with van der Waals surface area (Å²) in [6.07, 6.45) is 4.31. The molecule has 1 aliphatic heterocycles. The predicted octanol–water partition coefficient (Wildman–Crippen LogP) is 3.86. The second kappa shape index (κ2) is 8.04. The third-order valence-electron chi connectivity index (χ3n) is 4.39. The van der Waals surface area contributed by atoms with Crippen LogP contribution in [0.5, 0.6) is 0 Å². The monoisotopic (exact) mass is 307 g/mol. The van der Waals surface area contributed by atoms with E-state index < -0.39 is 0 Å². The normalized spacial score (nSPS) is 24.1. The Morgan fingerprint density at radius 2 is 2.19 bits per heavy atom. The van der Waals surface area contributed by atoms with Crippen molar-refractivity contribution < 1.29 is 0 Å². The average molecular weight is 308 g/mol. The number of rotatable bonds is 6. The molecule has 21 heavy (non-hydrogen) atoms. The Hall–Kier alpha value is -0.740. The van der Waals surface area contributed by atoms with Gasteiger partial charge in [-0.15, -0.1) is 0 Å². The van der Waals surface area contributed by atoms with Crippen LogP contribution in [0.2, 0.25) is 0 Å². The van der Waals surface area contributed by atoms with Crippen molar-refractivity contribution in [2.45, 2.75) is 57.9 Å². The minimum absolute atomic E-state index is 0.382. The molecule has 2 rings (SSSR count). The third-order valence-corrected chi connectivity index (χ3v) is 5.73. The molecule has 0 spiro atoms. The first kappa shape index (κ1) is 16.6. The Balaban J connectivity index is 2.07. The molecule has 3 nitrogen and oxygen atoms in total. The van der Waals surface area contributed by atoms with E-state index in [1.54, 1.807) is 0 Å². The molecule has 1 aromatic rings. The van der Waals surface area contributed by atoms with E-state index in [2.05, 4.69) is 68.0 Å². The van der Waals surface area contributed by atoms with E-state index in [1.165, 1.54) is 17.1 Å². The highest BCUT2D eigenvalue weighted by atomic mass is 32.2. The maximum Gasteiger partial charge on any atom is 0.0574 e. The fourth-order valence-electron chi connectivity index (χ4n) is 2.85. The van der Waals surface area contributed by atoms with Crippen LogP contribution in [0.1, 0.15) is 52.3 Å². The fourth-order valence-corrected chi connectivity index (χ4v) is 3.95. The number of hydrogen-bond acceptors (Lipinski definition) is 4. The summed E-state index contributed by atoms with van der Waals surface area (Å²) in [4.78, 5) is 7.22. The van der Waals surface area contributed by atoms with Crippen molar-refractivity contribution in [1.29, 1.82) is 0 Å². The van der Waals surface area contributed by atoms with Crippen molar-refractivity contribution >= 4 is 17.4 Å². The minimum Gasteiger partial charge on any atom is -0.366 e. The first-order valence-electron chi connectivity index (χ1n) is 8.24. The lowest BCUT2D eigenvalue weighted by Crippen LogP contribution is -2.44. The van der Waals surface area contributed by atoms with Crippen molar-refractivity contribution in [1.82, 2.24) is 10.3 Å². The van der Waals surface area contributed by atoms with Gasteiger partial charge in [-0.05, 0) is 38.4 Å². The molecule has 2 heterocycles. The maximum atomic E-state index is 4.73. The average Bonchev–Trinajstić information content (AvgIpc) is 2.51. The van der Waals surface area contributed by atoms with Crippen molar-refractivity contribution in [2.24, 2.45) is 0 Å². The highest BCUT2D eigenvalue weighted by molar-refractivity contribution is 8.00. The lowest BCUT2D eigenvalue weighted by molar-refractivity contribution is 0.507. The van der Waals surface area contributed by atoms with E-state index >= 15 is 0 Å². The molecule has 0 aromatic carbocycles. The summed E-state index contributed by atoms with van der Waals surface area (Å²) in [7, 11) is 0. The van der Waals surface area contributed by atoms with Crippen LogP contribution in [0.25, 0.3) is 0 Å². The molecule has 0 aliphatic carbocycles. The highest BCUT2D eigenvalue weighted by Crippen LogP contribution is 2.29. The summed E-state index contributed by atoms with van der Waals surface area (Å²) in [6, 6.07) is 5.41. The number of nitrogens with one attached hydrogen (secondary N) is 1. The summed E-state index contributed by atoms with van der Waals surface area (Å²) < 4.78 is 0. The topological polar surface area (TPSA) is 28.2 Å². The van der Waals surface area contributed by atoms with Gasteiger partial charge in [-0.25, -0.2) is 0 Å². The molecule has 0 bridgehead atoms. The minimum atomic E-state index is 0.382. The molecule has 1 N–H and O–H groups in total. The summed E-state index contributed by atoms with van der Waals surface area (Å²) in [5.41, 5.74) is 2.44. The number of aromatic nitrogens is 1. The van der Waals surface area contributed by atoms with Crippen LogP contribution in [0.4, 0.5) is 5.69 Å². The van der Waals surface area contributed by atoms with Crippen molar-refractivity contribution in [3.05, 3.63) is 24.0 Å². The number of pyridine rings is 1. The molecule has 0 radical (unpaired) electrons. The Kier molecular flexibility index (Phi) is 6.37. The number of hydrogen-bond donors (Lipinski definition) is 1. The number of anilines is 1. The smallest absolute Gasteiger partial charge is 0.0574 e. The van der Waals surface area contributed by atoms with Gasteiger partial charge in [0.25, 0.3) is 0 Å². The van der Waals surface area contributed by atoms with Gasteiger partial charge in [-0.1, -0.05) is 20.8 Å².